The smallest absolute Gasteiger partial charge is 0.144 e. The molecule has 14 heavy (non-hydrogen) atoms. The molecule has 0 aliphatic heterocycles. The Hall–Kier alpha value is -1.71. The topological polar surface area (TPSA) is 73.6 Å². The molecule has 4 N–H and O–H groups in total. The van der Waals surface area contributed by atoms with Crippen molar-refractivity contribution in [2.45, 2.75) is 6.92 Å². The van der Waals surface area contributed by atoms with E-state index in [1.165, 1.54) is 0 Å². The molecule has 0 aromatic heterocycles. The Labute approximate surface area is 83.6 Å². The van der Waals surface area contributed by atoms with E-state index in [1.807, 2.05) is 6.92 Å². The van der Waals surface area contributed by atoms with Gasteiger partial charge in [0, 0.05) is 30.6 Å². The molecule has 0 radical (unpaired) electrons. The SMILES string of the molecule is CCOc1cc(N)c(C=NC)cc1N. The van der Waals surface area contributed by atoms with Crippen LogP contribution < -0.4 is 16.2 Å². The van der Waals surface area contributed by atoms with Crippen LogP contribution in [0.5, 0.6) is 5.75 Å². The molecule has 0 aliphatic rings. The average Bonchev–Trinajstić information content (AvgIpc) is 2.14. The summed E-state index contributed by atoms with van der Waals surface area (Å²) < 4.78 is 5.30. The van der Waals surface area contributed by atoms with Crippen molar-refractivity contribution in [3.8, 4) is 5.75 Å². The minimum Gasteiger partial charge on any atom is -0.492 e. The van der Waals surface area contributed by atoms with Gasteiger partial charge in [-0.25, -0.2) is 0 Å². The van der Waals surface area contributed by atoms with Crippen LogP contribution in [0.15, 0.2) is 17.1 Å². The van der Waals surface area contributed by atoms with Crippen LogP contribution in [0.2, 0.25) is 0 Å². The molecule has 0 amide bonds. The van der Waals surface area contributed by atoms with E-state index in [0.717, 1.165) is 5.56 Å². The maximum atomic E-state index is 5.78. The Morgan fingerprint density at radius 2 is 2.07 bits per heavy atom. The van der Waals surface area contributed by atoms with E-state index in [1.54, 1.807) is 25.4 Å². The Morgan fingerprint density at radius 1 is 1.36 bits per heavy atom. The predicted molar refractivity (Wildman–Crippen MR) is 60.0 cm³/mol. The quantitative estimate of drug-likeness (QED) is 0.561. The van der Waals surface area contributed by atoms with Gasteiger partial charge in [0.15, 0.2) is 0 Å². The van der Waals surface area contributed by atoms with Crippen molar-refractivity contribution >= 4 is 17.6 Å². The summed E-state index contributed by atoms with van der Waals surface area (Å²) in [6.45, 7) is 2.47. The lowest BCUT2D eigenvalue weighted by molar-refractivity contribution is 0.342. The van der Waals surface area contributed by atoms with Crippen LogP contribution in [-0.4, -0.2) is 19.9 Å². The van der Waals surface area contributed by atoms with Gasteiger partial charge in [-0.1, -0.05) is 0 Å². The van der Waals surface area contributed by atoms with Gasteiger partial charge in [0.1, 0.15) is 5.75 Å². The van der Waals surface area contributed by atoms with Gasteiger partial charge < -0.3 is 16.2 Å². The van der Waals surface area contributed by atoms with E-state index in [4.69, 9.17) is 16.2 Å². The summed E-state index contributed by atoms with van der Waals surface area (Å²) in [4.78, 5) is 3.88. The molecule has 0 saturated carbocycles. The van der Waals surface area contributed by atoms with Crippen molar-refractivity contribution < 1.29 is 4.74 Å². The third kappa shape index (κ3) is 2.16. The highest BCUT2D eigenvalue weighted by molar-refractivity contribution is 5.89. The molecule has 0 fully saturated rings. The lowest BCUT2D eigenvalue weighted by Crippen LogP contribution is -2.01. The van der Waals surface area contributed by atoms with Crippen molar-refractivity contribution in [3.05, 3.63) is 17.7 Å². The summed E-state index contributed by atoms with van der Waals surface area (Å²) in [6.07, 6.45) is 1.67. The van der Waals surface area contributed by atoms with Crippen molar-refractivity contribution in [2.75, 3.05) is 25.1 Å². The molecular weight excluding hydrogens is 178 g/mol. The van der Waals surface area contributed by atoms with E-state index in [-0.39, 0.29) is 0 Å². The number of nitrogens with zero attached hydrogens (tertiary/aromatic N) is 1. The van der Waals surface area contributed by atoms with Gasteiger partial charge in [-0.05, 0) is 13.0 Å². The van der Waals surface area contributed by atoms with Crippen molar-refractivity contribution in [3.63, 3.8) is 0 Å². The summed E-state index contributed by atoms with van der Waals surface area (Å²) >= 11 is 0. The number of hydrogen-bond acceptors (Lipinski definition) is 4. The number of nitrogen functional groups attached to an aromatic ring is 2. The van der Waals surface area contributed by atoms with Crippen LogP contribution in [0, 0.1) is 0 Å². The molecule has 4 nitrogen and oxygen atoms in total. The molecule has 0 spiro atoms. The van der Waals surface area contributed by atoms with Crippen LogP contribution >= 0.6 is 0 Å². The van der Waals surface area contributed by atoms with Gasteiger partial charge in [-0.15, -0.1) is 0 Å². The largest absolute Gasteiger partial charge is 0.492 e. The van der Waals surface area contributed by atoms with Gasteiger partial charge in [0.2, 0.25) is 0 Å². The fraction of sp³-hybridized carbons (Fsp3) is 0.300. The van der Waals surface area contributed by atoms with Gasteiger partial charge >= 0.3 is 0 Å². The molecule has 0 atom stereocenters. The highest BCUT2D eigenvalue weighted by atomic mass is 16.5. The fourth-order valence-corrected chi connectivity index (χ4v) is 1.16. The number of benzene rings is 1. The fourth-order valence-electron chi connectivity index (χ4n) is 1.16. The highest BCUT2D eigenvalue weighted by Crippen LogP contribution is 2.26. The molecule has 1 aromatic carbocycles. The first-order valence-corrected chi connectivity index (χ1v) is 4.43. The van der Waals surface area contributed by atoms with E-state index in [0.29, 0.717) is 23.7 Å². The maximum absolute atomic E-state index is 5.78. The Morgan fingerprint density at radius 3 is 2.64 bits per heavy atom. The molecule has 0 bridgehead atoms. The number of ether oxygens (including phenoxy) is 1. The standard InChI is InChI=1S/C10H15N3O/c1-3-14-10-5-8(11)7(6-13-2)4-9(10)12/h4-6H,3,11-12H2,1-2H3. The second kappa shape index (κ2) is 4.50. The number of aliphatic imine (C=N–C) groups is 1. The monoisotopic (exact) mass is 193 g/mol. The van der Waals surface area contributed by atoms with E-state index >= 15 is 0 Å². The highest BCUT2D eigenvalue weighted by Gasteiger charge is 2.04. The van der Waals surface area contributed by atoms with Crippen molar-refractivity contribution in [1.29, 1.82) is 0 Å². The lowest BCUT2D eigenvalue weighted by atomic mass is 10.1. The summed E-state index contributed by atoms with van der Waals surface area (Å²) in [5.41, 5.74) is 13.6. The summed E-state index contributed by atoms with van der Waals surface area (Å²) in [5.74, 6) is 0.623. The molecule has 0 saturated heterocycles. The molecule has 76 valence electrons. The molecule has 0 heterocycles. The zero-order valence-electron chi connectivity index (χ0n) is 8.45. The average molecular weight is 193 g/mol. The first-order valence-electron chi connectivity index (χ1n) is 4.43. The van der Waals surface area contributed by atoms with Gasteiger partial charge in [0.25, 0.3) is 0 Å². The van der Waals surface area contributed by atoms with Crippen LogP contribution in [-0.2, 0) is 0 Å². The summed E-state index contributed by atoms with van der Waals surface area (Å²) in [6, 6.07) is 3.48. The number of hydrogen-bond donors (Lipinski definition) is 2. The number of rotatable bonds is 3. The van der Waals surface area contributed by atoms with Crippen molar-refractivity contribution in [1.82, 2.24) is 0 Å². The van der Waals surface area contributed by atoms with Crippen molar-refractivity contribution in [2.24, 2.45) is 4.99 Å². The second-order valence-corrected chi connectivity index (χ2v) is 2.84. The Bertz CT molecular complexity index is 347. The van der Waals surface area contributed by atoms with Crippen LogP contribution in [0.4, 0.5) is 11.4 Å². The Balaban J connectivity index is 3.10. The second-order valence-electron chi connectivity index (χ2n) is 2.84. The van der Waals surface area contributed by atoms with Crippen LogP contribution in [0.25, 0.3) is 0 Å². The third-order valence-corrected chi connectivity index (χ3v) is 1.78. The zero-order valence-corrected chi connectivity index (χ0v) is 8.45. The first-order chi connectivity index (χ1) is 6.69. The minimum atomic E-state index is 0.574. The molecule has 0 aliphatic carbocycles. The van der Waals surface area contributed by atoms with Gasteiger partial charge in [-0.2, -0.15) is 0 Å². The van der Waals surface area contributed by atoms with E-state index in [9.17, 15) is 0 Å². The Kier molecular flexibility index (Phi) is 3.34. The third-order valence-electron chi connectivity index (χ3n) is 1.78. The lowest BCUT2D eigenvalue weighted by Gasteiger charge is -2.09. The summed E-state index contributed by atoms with van der Waals surface area (Å²) in [7, 11) is 1.69. The first kappa shape index (κ1) is 10.4. The molecule has 1 aromatic rings. The number of anilines is 2. The maximum Gasteiger partial charge on any atom is 0.144 e. The van der Waals surface area contributed by atoms with Gasteiger partial charge in [0.05, 0.1) is 12.3 Å². The summed E-state index contributed by atoms with van der Waals surface area (Å²) in [5, 5.41) is 0. The van der Waals surface area contributed by atoms with Crippen LogP contribution in [0.3, 0.4) is 0 Å². The van der Waals surface area contributed by atoms with Gasteiger partial charge in [-0.3, -0.25) is 4.99 Å². The molecule has 1 rings (SSSR count). The molecule has 0 unspecified atom stereocenters. The predicted octanol–water partition coefficient (Wildman–Crippen LogP) is 1.30. The number of nitrogens with two attached hydrogens (primary N) is 2. The van der Waals surface area contributed by atoms with E-state index in [2.05, 4.69) is 4.99 Å². The minimum absolute atomic E-state index is 0.574. The molecule has 4 heteroatoms. The van der Waals surface area contributed by atoms with E-state index < -0.39 is 0 Å². The van der Waals surface area contributed by atoms with Crippen LogP contribution in [0.1, 0.15) is 12.5 Å². The normalized spacial score (nSPS) is 10.7. The molecular formula is C10H15N3O. The zero-order chi connectivity index (χ0) is 10.6.